The van der Waals surface area contributed by atoms with Crippen LogP contribution >= 0.6 is 0 Å². The van der Waals surface area contributed by atoms with Crippen LogP contribution in [0, 0.1) is 0 Å². The summed E-state index contributed by atoms with van der Waals surface area (Å²) in [6, 6.07) is -0.668. The molecule has 2 unspecified atom stereocenters. The summed E-state index contributed by atoms with van der Waals surface area (Å²) in [7, 11) is 0. The molecule has 0 saturated carbocycles. The number of carbonyl (C=O) groups is 1. The normalized spacial score (nSPS) is 14.1. The van der Waals surface area contributed by atoms with Gasteiger partial charge in [0.05, 0.1) is 18.8 Å². The first-order valence-electron chi connectivity index (χ1n) is 20.5. The molecule has 4 nitrogen and oxygen atoms in total. The molecule has 0 heterocycles. The summed E-state index contributed by atoms with van der Waals surface area (Å²) in [6.07, 6.45) is 60.7. The van der Waals surface area contributed by atoms with Crippen molar-refractivity contribution >= 4 is 5.91 Å². The number of unbranched alkanes of at least 4 members (excludes halogenated alkanes) is 14. The van der Waals surface area contributed by atoms with E-state index in [2.05, 4.69) is 104 Å². The number of nitrogens with one attached hydrogen (secondary N) is 1. The predicted octanol–water partition coefficient (Wildman–Crippen LogP) is 12.7. The minimum Gasteiger partial charge on any atom is -0.394 e. The van der Waals surface area contributed by atoms with Gasteiger partial charge in [0.25, 0.3) is 0 Å². The molecule has 3 N–H and O–H groups in total. The molecule has 2 atom stereocenters. The van der Waals surface area contributed by atoms with Crippen LogP contribution in [0.5, 0.6) is 0 Å². The first-order chi connectivity index (χ1) is 24.7. The SMILES string of the molecule is CC/C=C\C/C=C\C/C=C\C/C=C\C/C=C\C/C=C\CCCCC(=O)NC(CO)C(O)/C=C/CC/C=C/CCCCCCCCCCCCC. The smallest absolute Gasteiger partial charge is 0.220 e. The van der Waals surface area contributed by atoms with Gasteiger partial charge in [-0.05, 0) is 83.5 Å². The van der Waals surface area contributed by atoms with Gasteiger partial charge in [0.1, 0.15) is 0 Å². The fourth-order valence-corrected chi connectivity index (χ4v) is 5.43. The highest BCUT2D eigenvalue weighted by Gasteiger charge is 2.17. The van der Waals surface area contributed by atoms with E-state index in [0.29, 0.717) is 6.42 Å². The molecule has 0 aliphatic rings. The fraction of sp³-hybridized carbons (Fsp3) is 0.630. The molecule has 1 amide bonds. The number of aliphatic hydroxyl groups excluding tert-OH is 2. The van der Waals surface area contributed by atoms with Gasteiger partial charge in [0, 0.05) is 6.42 Å². The van der Waals surface area contributed by atoms with E-state index in [1.165, 1.54) is 70.6 Å². The summed E-state index contributed by atoms with van der Waals surface area (Å²) >= 11 is 0. The molecule has 0 aliphatic heterocycles. The molecular formula is C46H77NO3. The Morgan fingerprint density at radius 3 is 1.40 bits per heavy atom. The van der Waals surface area contributed by atoms with Gasteiger partial charge in [-0.2, -0.15) is 0 Å². The zero-order valence-corrected chi connectivity index (χ0v) is 32.4. The van der Waals surface area contributed by atoms with Crippen molar-refractivity contribution in [3.63, 3.8) is 0 Å². The third kappa shape index (κ3) is 36.6. The molecule has 0 aromatic rings. The molecule has 0 aliphatic carbocycles. The number of rotatable bonds is 35. The molecular weight excluding hydrogens is 615 g/mol. The molecule has 0 radical (unpaired) electrons. The predicted molar refractivity (Wildman–Crippen MR) is 220 cm³/mol. The highest BCUT2D eigenvalue weighted by atomic mass is 16.3. The van der Waals surface area contributed by atoms with Crippen molar-refractivity contribution in [2.24, 2.45) is 0 Å². The van der Waals surface area contributed by atoms with Gasteiger partial charge in [-0.3, -0.25) is 4.79 Å². The van der Waals surface area contributed by atoms with Crippen molar-refractivity contribution in [2.45, 2.75) is 180 Å². The zero-order chi connectivity index (χ0) is 36.4. The van der Waals surface area contributed by atoms with E-state index in [9.17, 15) is 15.0 Å². The summed E-state index contributed by atoms with van der Waals surface area (Å²) in [6.45, 7) is 4.14. The minimum atomic E-state index is -0.886. The van der Waals surface area contributed by atoms with E-state index in [1.807, 2.05) is 6.08 Å². The molecule has 284 valence electrons. The van der Waals surface area contributed by atoms with Crippen LogP contribution in [-0.2, 0) is 4.79 Å². The standard InChI is InChI=1S/C46H77NO3/c1-3-5-7-9-11-13-15-17-19-21-22-23-24-26-28-30-32-34-36-38-40-42-46(50)47-44(43-48)45(49)41-39-37-35-33-31-29-27-25-20-18-16-14-12-10-8-6-4-2/h5,7,11,13,17,19,22-23,26,28,31-34,39,41,44-45,48-49H,3-4,6,8-10,12,14-16,18,20-21,24-25,27,29-30,35-38,40,42-43H2,1-2H3,(H,47,50)/b7-5-,13-11-,19-17-,23-22-,28-26-,33-31+,34-32-,41-39+. The first kappa shape index (κ1) is 47.3. The van der Waals surface area contributed by atoms with E-state index >= 15 is 0 Å². The van der Waals surface area contributed by atoms with E-state index in [1.54, 1.807) is 6.08 Å². The van der Waals surface area contributed by atoms with Crippen LogP contribution in [0.3, 0.4) is 0 Å². The summed E-state index contributed by atoms with van der Waals surface area (Å²) < 4.78 is 0. The summed E-state index contributed by atoms with van der Waals surface area (Å²) in [5, 5.41) is 22.9. The third-order valence-electron chi connectivity index (χ3n) is 8.55. The van der Waals surface area contributed by atoms with Gasteiger partial charge in [0.15, 0.2) is 0 Å². The molecule has 0 spiro atoms. The Morgan fingerprint density at radius 2 is 0.900 bits per heavy atom. The Balaban J connectivity index is 3.79. The van der Waals surface area contributed by atoms with Crippen LogP contribution in [0.25, 0.3) is 0 Å². The van der Waals surface area contributed by atoms with Crippen molar-refractivity contribution in [3.8, 4) is 0 Å². The highest BCUT2D eigenvalue weighted by molar-refractivity contribution is 5.76. The topological polar surface area (TPSA) is 69.6 Å². The summed E-state index contributed by atoms with van der Waals surface area (Å²) in [5.41, 5.74) is 0. The molecule has 0 saturated heterocycles. The van der Waals surface area contributed by atoms with Crippen LogP contribution in [0.2, 0.25) is 0 Å². The average Bonchev–Trinajstić information content (AvgIpc) is 3.12. The lowest BCUT2D eigenvalue weighted by Crippen LogP contribution is -2.45. The lowest BCUT2D eigenvalue weighted by atomic mass is 10.1. The maximum absolute atomic E-state index is 12.3. The van der Waals surface area contributed by atoms with Gasteiger partial charge < -0.3 is 15.5 Å². The van der Waals surface area contributed by atoms with Crippen LogP contribution in [-0.4, -0.2) is 34.9 Å². The molecule has 4 heteroatoms. The second kappa shape index (κ2) is 40.7. The lowest BCUT2D eigenvalue weighted by Gasteiger charge is -2.19. The van der Waals surface area contributed by atoms with E-state index in [0.717, 1.165) is 77.0 Å². The largest absolute Gasteiger partial charge is 0.394 e. The number of carbonyl (C=O) groups excluding carboxylic acids is 1. The molecule has 0 fully saturated rings. The Labute approximate surface area is 309 Å². The third-order valence-corrected chi connectivity index (χ3v) is 8.55. The van der Waals surface area contributed by atoms with Crippen LogP contribution in [0.4, 0.5) is 0 Å². The second-order valence-electron chi connectivity index (χ2n) is 13.3. The lowest BCUT2D eigenvalue weighted by molar-refractivity contribution is -0.123. The maximum Gasteiger partial charge on any atom is 0.220 e. The highest BCUT2D eigenvalue weighted by Crippen LogP contribution is 2.12. The Bertz CT molecular complexity index is 968. The summed E-state index contributed by atoms with van der Waals surface area (Å²) in [4.78, 5) is 12.3. The number of hydrogen-bond acceptors (Lipinski definition) is 3. The number of aliphatic hydroxyl groups is 2. The van der Waals surface area contributed by atoms with Gasteiger partial charge in [-0.1, -0.05) is 175 Å². The molecule has 50 heavy (non-hydrogen) atoms. The monoisotopic (exact) mass is 692 g/mol. The number of allylic oxidation sites excluding steroid dienone is 15. The minimum absolute atomic E-state index is 0.121. The average molecular weight is 692 g/mol. The van der Waals surface area contributed by atoms with Crippen LogP contribution in [0.1, 0.15) is 168 Å². The number of amides is 1. The summed E-state index contributed by atoms with van der Waals surface area (Å²) in [5.74, 6) is -0.121. The molecule has 0 aromatic heterocycles. The van der Waals surface area contributed by atoms with Crippen molar-refractivity contribution in [3.05, 3.63) is 97.2 Å². The van der Waals surface area contributed by atoms with Crippen molar-refractivity contribution in [2.75, 3.05) is 6.61 Å². The van der Waals surface area contributed by atoms with Crippen LogP contribution < -0.4 is 5.32 Å². The van der Waals surface area contributed by atoms with Gasteiger partial charge in [-0.25, -0.2) is 0 Å². The van der Waals surface area contributed by atoms with Crippen LogP contribution in [0.15, 0.2) is 97.2 Å². The molecule has 0 aromatic carbocycles. The van der Waals surface area contributed by atoms with Crippen molar-refractivity contribution < 1.29 is 15.0 Å². The quantitative estimate of drug-likeness (QED) is 0.0458. The Kier molecular flexibility index (Phi) is 38.5. The Morgan fingerprint density at radius 1 is 0.500 bits per heavy atom. The fourth-order valence-electron chi connectivity index (χ4n) is 5.43. The second-order valence-corrected chi connectivity index (χ2v) is 13.3. The maximum atomic E-state index is 12.3. The molecule has 0 bridgehead atoms. The number of hydrogen-bond donors (Lipinski definition) is 3. The van der Waals surface area contributed by atoms with Gasteiger partial charge in [0.2, 0.25) is 5.91 Å². The van der Waals surface area contributed by atoms with Gasteiger partial charge in [-0.15, -0.1) is 0 Å². The van der Waals surface area contributed by atoms with Crippen molar-refractivity contribution in [1.29, 1.82) is 0 Å². The van der Waals surface area contributed by atoms with Gasteiger partial charge >= 0.3 is 0 Å². The van der Waals surface area contributed by atoms with Crippen molar-refractivity contribution in [1.82, 2.24) is 5.32 Å². The van der Waals surface area contributed by atoms with E-state index < -0.39 is 12.1 Å². The van der Waals surface area contributed by atoms with E-state index in [4.69, 9.17) is 0 Å². The molecule has 0 rings (SSSR count). The Hall–Kier alpha value is -2.69. The zero-order valence-electron chi connectivity index (χ0n) is 32.4. The first-order valence-corrected chi connectivity index (χ1v) is 20.5. The van der Waals surface area contributed by atoms with E-state index in [-0.39, 0.29) is 12.5 Å².